The van der Waals surface area contributed by atoms with Gasteiger partial charge in [0.1, 0.15) is 16.5 Å². The average molecular weight is 392 g/mol. The Bertz CT molecular complexity index is 879. The third kappa shape index (κ3) is 4.42. The van der Waals surface area contributed by atoms with Gasteiger partial charge in [0.2, 0.25) is 10.0 Å². The molecule has 0 aromatic heterocycles. The van der Waals surface area contributed by atoms with Crippen molar-refractivity contribution in [1.82, 2.24) is 4.31 Å². The molecule has 1 N–H and O–H groups in total. The van der Waals surface area contributed by atoms with Crippen LogP contribution in [-0.2, 0) is 10.0 Å². The Morgan fingerprint density at radius 2 is 1.81 bits per heavy atom. The first-order chi connectivity index (χ1) is 12.9. The van der Waals surface area contributed by atoms with Crippen molar-refractivity contribution in [3.8, 4) is 5.75 Å². The number of sulfonamides is 1. The van der Waals surface area contributed by atoms with E-state index >= 15 is 0 Å². The minimum Gasteiger partial charge on any atom is -0.492 e. The number of hydrogen-bond donors (Lipinski definition) is 1. The van der Waals surface area contributed by atoms with E-state index in [0.717, 1.165) is 18.4 Å². The Labute approximate surface area is 160 Å². The number of rotatable bonds is 7. The molecule has 1 heterocycles. The van der Waals surface area contributed by atoms with Gasteiger partial charge in [0.15, 0.2) is 0 Å². The Morgan fingerprint density at radius 3 is 2.44 bits per heavy atom. The summed E-state index contributed by atoms with van der Waals surface area (Å²) in [6.45, 7) is 5.24. The van der Waals surface area contributed by atoms with Crippen LogP contribution in [-0.4, -0.2) is 32.4 Å². The van der Waals surface area contributed by atoms with Gasteiger partial charge in [0.05, 0.1) is 6.61 Å². The molecule has 2 aromatic rings. The zero-order chi connectivity index (χ0) is 19.4. The first-order valence-corrected chi connectivity index (χ1v) is 10.6. The summed E-state index contributed by atoms with van der Waals surface area (Å²) >= 11 is 0. The maximum atomic E-state index is 13.1. The Morgan fingerprint density at radius 1 is 1.15 bits per heavy atom. The molecule has 1 saturated heterocycles. The van der Waals surface area contributed by atoms with Crippen LogP contribution in [0.5, 0.6) is 5.75 Å². The summed E-state index contributed by atoms with van der Waals surface area (Å²) < 4.78 is 46.3. The zero-order valence-corrected chi connectivity index (χ0v) is 16.4. The average Bonchev–Trinajstić information content (AvgIpc) is 3.19. The number of anilines is 1. The smallest absolute Gasteiger partial charge is 0.246 e. The van der Waals surface area contributed by atoms with Gasteiger partial charge in [-0.05, 0) is 62.6 Å². The van der Waals surface area contributed by atoms with E-state index in [-0.39, 0.29) is 16.8 Å². The zero-order valence-electron chi connectivity index (χ0n) is 15.6. The molecule has 7 heteroatoms. The van der Waals surface area contributed by atoms with Crippen molar-refractivity contribution in [2.75, 3.05) is 25.0 Å². The highest BCUT2D eigenvalue weighted by Gasteiger charge is 2.30. The summed E-state index contributed by atoms with van der Waals surface area (Å²) in [7, 11) is -3.60. The monoisotopic (exact) mass is 392 g/mol. The SMILES string of the molecule is CCOc1ccc(N[C@@H](C)c2ccc(F)cc2)cc1S(=O)(=O)N1CCCC1. The Balaban J connectivity index is 1.89. The lowest BCUT2D eigenvalue weighted by Crippen LogP contribution is -2.28. The van der Waals surface area contributed by atoms with Crippen LogP contribution >= 0.6 is 0 Å². The Kier molecular flexibility index (Phi) is 6.01. The van der Waals surface area contributed by atoms with Crippen molar-refractivity contribution in [2.45, 2.75) is 37.6 Å². The molecular formula is C20H25FN2O3S. The molecule has 0 spiro atoms. The molecule has 0 radical (unpaired) electrons. The van der Waals surface area contributed by atoms with E-state index in [4.69, 9.17) is 4.74 Å². The number of nitrogens with one attached hydrogen (secondary N) is 1. The second kappa shape index (κ2) is 8.27. The molecule has 1 aliphatic heterocycles. The van der Waals surface area contributed by atoms with E-state index in [0.29, 0.717) is 31.1 Å². The normalized spacial score (nSPS) is 16.3. The number of benzene rings is 2. The van der Waals surface area contributed by atoms with Crippen LogP contribution in [0.25, 0.3) is 0 Å². The lowest BCUT2D eigenvalue weighted by molar-refractivity contribution is 0.329. The number of halogens is 1. The third-order valence-corrected chi connectivity index (χ3v) is 6.60. The van der Waals surface area contributed by atoms with Gasteiger partial charge < -0.3 is 10.1 Å². The first kappa shape index (κ1) is 19.6. The fourth-order valence-electron chi connectivity index (χ4n) is 3.23. The van der Waals surface area contributed by atoms with Crippen LogP contribution in [0.4, 0.5) is 10.1 Å². The van der Waals surface area contributed by atoms with Gasteiger partial charge >= 0.3 is 0 Å². The molecule has 0 unspecified atom stereocenters. The molecule has 27 heavy (non-hydrogen) atoms. The lowest BCUT2D eigenvalue weighted by Gasteiger charge is -2.21. The molecule has 146 valence electrons. The van der Waals surface area contributed by atoms with Crippen LogP contribution in [0.15, 0.2) is 47.4 Å². The molecule has 5 nitrogen and oxygen atoms in total. The molecule has 1 atom stereocenters. The van der Waals surface area contributed by atoms with E-state index in [1.165, 1.54) is 16.4 Å². The molecule has 2 aromatic carbocycles. The van der Waals surface area contributed by atoms with Crippen LogP contribution < -0.4 is 10.1 Å². The molecule has 3 rings (SSSR count). The maximum Gasteiger partial charge on any atom is 0.246 e. The van der Waals surface area contributed by atoms with Crippen molar-refractivity contribution in [2.24, 2.45) is 0 Å². The molecule has 1 fully saturated rings. The van der Waals surface area contributed by atoms with Gasteiger partial charge in [-0.3, -0.25) is 0 Å². The van der Waals surface area contributed by atoms with Gasteiger partial charge in [0.25, 0.3) is 0 Å². The number of ether oxygens (including phenoxy) is 1. The van der Waals surface area contributed by atoms with Crippen LogP contribution in [0.1, 0.15) is 38.3 Å². The number of nitrogens with zero attached hydrogens (tertiary/aromatic N) is 1. The Hall–Kier alpha value is -2.12. The predicted octanol–water partition coefficient (Wildman–Crippen LogP) is 4.18. The third-order valence-electron chi connectivity index (χ3n) is 4.68. The van der Waals surface area contributed by atoms with Crippen molar-refractivity contribution in [3.63, 3.8) is 0 Å². The topological polar surface area (TPSA) is 58.6 Å². The van der Waals surface area contributed by atoms with Crippen molar-refractivity contribution >= 4 is 15.7 Å². The van der Waals surface area contributed by atoms with E-state index in [2.05, 4.69) is 5.32 Å². The highest BCUT2D eigenvalue weighted by atomic mass is 32.2. The van der Waals surface area contributed by atoms with Crippen LogP contribution in [0.3, 0.4) is 0 Å². The first-order valence-electron chi connectivity index (χ1n) is 9.21. The van der Waals surface area contributed by atoms with Crippen molar-refractivity contribution < 1.29 is 17.5 Å². The number of hydrogen-bond acceptors (Lipinski definition) is 4. The lowest BCUT2D eigenvalue weighted by atomic mass is 10.1. The predicted molar refractivity (Wildman–Crippen MR) is 104 cm³/mol. The fraction of sp³-hybridized carbons (Fsp3) is 0.400. The van der Waals surface area contributed by atoms with E-state index in [1.54, 1.807) is 30.3 Å². The minimum absolute atomic E-state index is 0.106. The van der Waals surface area contributed by atoms with Crippen LogP contribution in [0.2, 0.25) is 0 Å². The van der Waals surface area contributed by atoms with Crippen molar-refractivity contribution in [1.29, 1.82) is 0 Å². The summed E-state index contributed by atoms with van der Waals surface area (Å²) in [5, 5.41) is 3.29. The standard InChI is InChI=1S/C20H25FN2O3S/c1-3-26-19-11-10-18(22-15(2)16-6-8-17(21)9-7-16)14-20(19)27(24,25)23-12-4-5-13-23/h6-11,14-15,22H,3-5,12-13H2,1-2H3/t15-/m0/s1. The second-order valence-corrected chi connectivity index (χ2v) is 8.53. The fourth-order valence-corrected chi connectivity index (χ4v) is 4.90. The quantitative estimate of drug-likeness (QED) is 0.768. The molecule has 0 bridgehead atoms. The summed E-state index contributed by atoms with van der Waals surface area (Å²) in [5.41, 5.74) is 1.59. The highest BCUT2D eigenvalue weighted by Crippen LogP contribution is 2.32. The molecular weight excluding hydrogens is 367 g/mol. The maximum absolute atomic E-state index is 13.1. The van der Waals surface area contributed by atoms with Crippen LogP contribution in [0, 0.1) is 5.82 Å². The van der Waals surface area contributed by atoms with Crippen molar-refractivity contribution in [3.05, 3.63) is 53.8 Å². The van der Waals surface area contributed by atoms with Gasteiger partial charge in [0, 0.05) is 24.8 Å². The summed E-state index contributed by atoms with van der Waals surface area (Å²) in [5.74, 6) is 0.0791. The molecule has 1 aliphatic rings. The van der Waals surface area contributed by atoms with E-state index in [9.17, 15) is 12.8 Å². The summed E-state index contributed by atoms with van der Waals surface area (Å²) in [4.78, 5) is 0.183. The van der Waals surface area contributed by atoms with E-state index < -0.39 is 10.0 Å². The molecule has 0 aliphatic carbocycles. The molecule has 0 amide bonds. The summed E-state index contributed by atoms with van der Waals surface area (Å²) in [6, 6.07) is 11.3. The largest absolute Gasteiger partial charge is 0.492 e. The van der Waals surface area contributed by atoms with E-state index in [1.807, 2.05) is 13.8 Å². The summed E-state index contributed by atoms with van der Waals surface area (Å²) in [6.07, 6.45) is 1.76. The van der Waals surface area contributed by atoms with Gasteiger partial charge in [-0.2, -0.15) is 4.31 Å². The van der Waals surface area contributed by atoms with Gasteiger partial charge in [-0.1, -0.05) is 12.1 Å². The highest BCUT2D eigenvalue weighted by molar-refractivity contribution is 7.89. The molecule has 0 saturated carbocycles. The second-order valence-electron chi connectivity index (χ2n) is 6.62. The minimum atomic E-state index is -3.60. The van der Waals surface area contributed by atoms with Gasteiger partial charge in [-0.15, -0.1) is 0 Å². The van der Waals surface area contributed by atoms with Gasteiger partial charge in [-0.25, -0.2) is 12.8 Å².